The fourth-order valence-corrected chi connectivity index (χ4v) is 3.73. The molecular weight excluding hydrogens is 387 g/mol. The lowest BCUT2D eigenvalue weighted by Gasteiger charge is -2.32. The summed E-state index contributed by atoms with van der Waals surface area (Å²) in [5.74, 6) is 0. The van der Waals surface area contributed by atoms with Crippen molar-refractivity contribution in [1.29, 1.82) is 0 Å². The highest BCUT2D eigenvalue weighted by Gasteiger charge is 2.52. The topological polar surface area (TPSA) is 64.5 Å². The van der Waals surface area contributed by atoms with E-state index in [4.69, 9.17) is 20.9 Å². The largest absolute Gasteiger partial charge is 0.496 e. The summed E-state index contributed by atoms with van der Waals surface area (Å²) in [6, 6.07) is 9.71. The van der Waals surface area contributed by atoms with Gasteiger partial charge >= 0.3 is 7.12 Å². The van der Waals surface area contributed by atoms with Crippen molar-refractivity contribution in [2.24, 2.45) is 0 Å². The Bertz CT molecular complexity index is 1060. The summed E-state index contributed by atoms with van der Waals surface area (Å²) in [5, 5.41) is 10.9. The normalized spacial score (nSPS) is 17.8. The van der Waals surface area contributed by atoms with Crippen LogP contribution in [0.3, 0.4) is 0 Å². The van der Waals surface area contributed by atoms with E-state index >= 15 is 0 Å². The van der Waals surface area contributed by atoms with Crippen molar-refractivity contribution in [2.45, 2.75) is 51.9 Å². The van der Waals surface area contributed by atoms with Crippen molar-refractivity contribution in [3.63, 3.8) is 0 Å². The first-order chi connectivity index (χ1) is 13.7. The Hall–Kier alpha value is -1.99. The number of fused-ring (bicyclic) bond motifs is 1. The maximum absolute atomic E-state index is 9.35. The van der Waals surface area contributed by atoms with Gasteiger partial charge in [-0.15, -0.1) is 0 Å². The van der Waals surface area contributed by atoms with Gasteiger partial charge in [0, 0.05) is 34.7 Å². The van der Waals surface area contributed by atoms with Crippen LogP contribution < -0.4 is 5.46 Å². The first kappa shape index (κ1) is 20.3. The van der Waals surface area contributed by atoms with Crippen LogP contribution in [0.4, 0.5) is 0 Å². The number of aliphatic hydroxyl groups is 1. The summed E-state index contributed by atoms with van der Waals surface area (Å²) < 4.78 is 12.3. The summed E-state index contributed by atoms with van der Waals surface area (Å²) in [5.41, 5.74) is 3.31. The van der Waals surface area contributed by atoms with Crippen LogP contribution in [-0.2, 0) is 22.3 Å². The van der Waals surface area contributed by atoms with Gasteiger partial charge in [0.05, 0.1) is 29.0 Å². The molecule has 0 radical (unpaired) electrons. The number of halogens is 1. The molecule has 1 fully saturated rings. The predicted molar refractivity (Wildman–Crippen MR) is 115 cm³/mol. The van der Waals surface area contributed by atoms with Crippen molar-refractivity contribution in [3.05, 3.63) is 64.6 Å². The Kier molecular flexibility index (Phi) is 5.15. The molecule has 1 aliphatic rings. The zero-order valence-corrected chi connectivity index (χ0v) is 17.8. The monoisotopic (exact) mass is 410 g/mol. The summed E-state index contributed by atoms with van der Waals surface area (Å²) in [6.07, 6.45) is 3.97. The first-order valence-electron chi connectivity index (χ1n) is 9.68. The quantitative estimate of drug-likeness (QED) is 0.665. The number of hydrogen-bond acceptors (Lipinski definition) is 5. The molecule has 1 aliphatic heterocycles. The van der Waals surface area contributed by atoms with Crippen LogP contribution in [0.2, 0.25) is 5.02 Å². The second kappa shape index (κ2) is 7.36. The zero-order chi connectivity index (χ0) is 20.8. The highest BCUT2D eigenvalue weighted by atomic mass is 35.5. The third kappa shape index (κ3) is 3.66. The fourth-order valence-electron chi connectivity index (χ4n) is 3.45. The van der Waals surface area contributed by atoms with E-state index in [0.717, 1.165) is 33.2 Å². The molecule has 3 aromatic rings. The predicted octanol–water partition coefficient (Wildman–Crippen LogP) is 3.67. The molecule has 4 rings (SSSR count). The smallest absolute Gasteiger partial charge is 0.399 e. The van der Waals surface area contributed by atoms with E-state index in [1.165, 1.54) is 0 Å². The number of rotatable bonds is 4. The van der Waals surface area contributed by atoms with E-state index in [0.29, 0.717) is 11.4 Å². The van der Waals surface area contributed by atoms with E-state index in [9.17, 15) is 5.11 Å². The average Bonchev–Trinajstić information content (AvgIpc) is 2.90. The Balaban J connectivity index is 1.68. The van der Waals surface area contributed by atoms with Gasteiger partial charge < -0.3 is 14.4 Å². The fraction of sp³-hybridized carbons (Fsp3) is 0.364. The lowest BCUT2D eigenvalue weighted by atomic mass is 9.78. The number of hydrogen-bond donors (Lipinski definition) is 1. The van der Waals surface area contributed by atoms with E-state index in [2.05, 4.69) is 9.97 Å². The number of aromatic nitrogens is 2. The highest BCUT2D eigenvalue weighted by Crippen LogP contribution is 2.37. The van der Waals surface area contributed by atoms with E-state index in [1.54, 1.807) is 12.4 Å². The van der Waals surface area contributed by atoms with Gasteiger partial charge in [0.25, 0.3) is 0 Å². The molecule has 2 aromatic heterocycles. The summed E-state index contributed by atoms with van der Waals surface area (Å²) in [6.45, 7) is 8.06. The maximum atomic E-state index is 9.35. The molecule has 1 saturated heterocycles. The molecule has 29 heavy (non-hydrogen) atoms. The average molecular weight is 411 g/mol. The maximum Gasteiger partial charge on any atom is 0.496 e. The number of nitrogens with zero attached hydrogens (tertiary/aromatic N) is 2. The van der Waals surface area contributed by atoms with Gasteiger partial charge in [-0.1, -0.05) is 29.8 Å². The van der Waals surface area contributed by atoms with Crippen LogP contribution in [0, 0.1) is 0 Å². The Morgan fingerprint density at radius 2 is 1.79 bits per heavy atom. The molecule has 0 spiro atoms. The second-order valence-electron chi connectivity index (χ2n) is 8.42. The lowest BCUT2D eigenvalue weighted by molar-refractivity contribution is 0.00578. The molecule has 0 amide bonds. The van der Waals surface area contributed by atoms with Gasteiger partial charge in [0.1, 0.15) is 0 Å². The van der Waals surface area contributed by atoms with Crippen LogP contribution in [0.15, 0.2) is 42.7 Å². The van der Waals surface area contributed by atoms with Crippen LogP contribution >= 0.6 is 11.6 Å². The summed E-state index contributed by atoms with van der Waals surface area (Å²) >= 11 is 6.78. The van der Waals surface area contributed by atoms with Crippen LogP contribution in [0.25, 0.3) is 10.9 Å². The number of aliphatic hydroxyl groups excluding tert-OH is 1. The SMILES string of the molecule is CC1(C)OB(c2cccc(Cc3nccc4cc(CO)cnc34)c2Cl)OC1(C)C. The number of pyridine rings is 2. The molecule has 0 unspecified atom stereocenters. The molecule has 7 heteroatoms. The highest BCUT2D eigenvalue weighted by molar-refractivity contribution is 6.65. The van der Waals surface area contributed by atoms with Crippen molar-refractivity contribution < 1.29 is 14.4 Å². The molecule has 0 bridgehead atoms. The van der Waals surface area contributed by atoms with Crippen molar-refractivity contribution in [3.8, 4) is 0 Å². The van der Waals surface area contributed by atoms with E-state index in [1.807, 2.05) is 58.0 Å². The zero-order valence-electron chi connectivity index (χ0n) is 17.1. The van der Waals surface area contributed by atoms with Crippen LogP contribution in [0.1, 0.15) is 44.5 Å². The van der Waals surface area contributed by atoms with Gasteiger partial charge in [0.15, 0.2) is 0 Å². The minimum Gasteiger partial charge on any atom is -0.399 e. The van der Waals surface area contributed by atoms with E-state index < -0.39 is 18.3 Å². The molecule has 0 saturated carbocycles. The second-order valence-corrected chi connectivity index (χ2v) is 8.79. The molecule has 0 atom stereocenters. The van der Waals surface area contributed by atoms with Crippen molar-refractivity contribution in [2.75, 3.05) is 0 Å². The van der Waals surface area contributed by atoms with Gasteiger partial charge in [-0.05, 0) is 51.0 Å². The minimum atomic E-state index is -0.516. The molecule has 1 N–H and O–H groups in total. The van der Waals surface area contributed by atoms with Crippen LogP contribution in [-0.4, -0.2) is 33.4 Å². The molecule has 1 aromatic carbocycles. The number of benzene rings is 1. The molecule has 0 aliphatic carbocycles. The van der Waals surface area contributed by atoms with Gasteiger partial charge in [-0.3, -0.25) is 9.97 Å². The third-order valence-corrected chi connectivity index (χ3v) is 6.35. The van der Waals surface area contributed by atoms with Gasteiger partial charge in [-0.25, -0.2) is 0 Å². The Morgan fingerprint density at radius 1 is 1.07 bits per heavy atom. The Labute approximate surface area is 176 Å². The van der Waals surface area contributed by atoms with Crippen LogP contribution in [0.5, 0.6) is 0 Å². The van der Waals surface area contributed by atoms with E-state index in [-0.39, 0.29) is 6.61 Å². The third-order valence-electron chi connectivity index (χ3n) is 5.89. The van der Waals surface area contributed by atoms with Crippen molar-refractivity contribution >= 4 is 35.1 Å². The first-order valence-corrected chi connectivity index (χ1v) is 10.1. The van der Waals surface area contributed by atoms with Gasteiger partial charge in [0.2, 0.25) is 0 Å². The van der Waals surface area contributed by atoms with Gasteiger partial charge in [-0.2, -0.15) is 0 Å². The molecule has 3 heterocycles. The standard InChI is InChI=1S/C22H24BClN2O3/c1-21(2)22(3,4)29-23(28-21)17-7-5-6-15(19(17)24)11-18-20-16(8-9-25-18)10-14(13-27)12-26-20/h5-10,12,27H,11,13H2,1-4H3. The Morgan fingerprint density at radius 3 is 2.48 bits per heavy atom. The molecular formula is C22H24BClN2O3. The lowest BCUT2D eigenvalue weighted by Crippen LogP contribution is -2.41. The summed E-state index contributed by atoms with van der Waals surface area (Å²) in [4.78, 5) is 9.03. The molecule has 5 nitrogen and oxygen atoms in total. The molecule has 150 valence electrons. The summed E-state index contributed by atoms with van der Waals surface area (Å²) in [7, 11) is -0.516. The minimum absolute atomic E-state index is 0.0391. The van der Waals surface area contributed by atoms with Crippen molar-refractivity contribution in [1.82, 2.24) is 9.97 Å².